The Morgan fingerprint density at radius 2 is 1.95 bits per heavy atom. The van der Waals surface area contributed by atoms with Gasteiger partial charge in [0.15, 0.2) is 22.2 Å². The Bertz CT molecular complexity index is 1610. The maximum Gasteiger partial charge on any atom is 0.338 e. The highest BCUT2D eigenvalue weighted by Gasteiger charge is 2.34. The molecule has 0 amide bonds. The van der Waals surface area contributed by atoms with Crippen molar-refractivity contribution in [3.63, 3.8) is 0 Å². The summed E-state index contributed by atoms with van der Waals surface area (Å²) in [5, 5.41) is 0. The van der Waals surface area contributed by atoms with Gasteiger partial charge in [-0.1, -0.05) is 17.4 Å². The van der Waals surface area contributed by atoms with Gasteiger partial charge >= 0.3 is 5.97 Å². The van der Waals surface area contributed by atoms with Gasteiger partial charge in [0.05, 0.1) is 28.5 Å². The summed E-state index contributed by atoms with van der Waals surface area (Å²) in [6, 6.07) is 8.51. The standard InChI is InChI=1S/C27H28N4O6S/c1-4-34-26(33)23-16(2)28-27-31(24(23)17-5-7-19-20(13-17)36-15-35-19)25(32)21(38-27)14-18-6-8-22(37-18)30-11-9-29(3)10-12-30/h5-8,13-14,24H,4,9-12,15H2,1-3H3/b21-14+/t24-/m0/s1. The van der Waals surface area contributed by atoms with Crippen LogP contribution in [-0.4, -0.2) is 62.1 Å². The molecule has 10 nitrogen and oxygen atoms in total. The van der Waals surface area contributed by atoms with E-state index in [-0.39, 0.29) is 19.0 Å². The van der Waals surface area contributed by atoms with Gasteiger partial charge in [0.2, 0.25) is 6.79 Å². The zero-order valence-corrected chi connectivity index (χ0v) is 22.2. The zero-order chi connectivity index (χ0) is 26.4. The van der Waals surface area contributed by atoms with Crippen molar-refractivity contribution in [3.05, 3.63) is 72.6 Å². The molecule has 3 aromatic rings. The molecule has 0 saturated carbocycles. The topological polar surface area (TPSA) is 98.7 Å². The number of allylic oxidation sites excluding steroid dienone is 1. The SMILES string of the molecule is CCOC(=O)C1=C(C)N=c2s/c(=C/c3ccc(N4CCN(C)CC4)o3)c(=O)n2[C@H]1c1ccc2c(c1)OCO2. The summed E-state index contributed by atoms with van der Waals surface area (Å²) >= 11 is 1.26. The Kier molecular flexibility index (Phi) is 6.32. The van der Waals surface area contributed by atoms with Crippen LogP contribution in [0, 0.1) is 0 Å². The number of carbonyl (C=O) groups is 1. The van der Waals surface area contributed by atoms with E-state index in [1.54, 1.807) is 36.6 Å². The molecule has 38 heavy (non-hydrogen) atoms. The average Bonchev–Trinajstić information content (AvgIpc) is 3.63. The first-order chi connectivity index (χ1) is 18.4. The number of rotatable bonds is 5. The second-order valence-electron chi connectivity index (χ2n) is 9.38. The van der Waals surface area contributed by atoms with E-state index in [0.717, 1.165) is 32.1 Å². The summed E-state index contributed by atoms with van der Waals surface area (Å²) in [5.74, 6) is 2.05. The molecule has 1 atom stereocenters. The monoisotopic (exact) mass is 536 g/mol. The molecule has 1 fully saturated rings. The van der Waals surface area contributed by atoms with E-state index in [2.05, 4.69) is 21.8 Å². The molecular weight excluding hydrogens is 508 g/mol. The summed E-state index contributed by atoms with van der Waals surface area (Å²) in [6.07, 6.45) is 1.74. The molecule has 0 N–H and O–H groups in total. The lowest BCUT2D eigenvalue weighted by atomic mass is 9.95. The lowest BCUT2D eigenvalue weighted by Gasteiger charge is -2.32. The Morgan fingerprint density at radius 3 is 2.74 bits per heavy atom. The van der Waals surface area contributed by atoms with Crippen molar-refractivity contribution in [2.75, 3.05) is 51.5 Å². The minimum absolute atomic E-state index is 0.125. The van der Waals surface area contributed by atoms with Crippen LogP contribution in [0.1, 0.15) is 31.2 Å². The summed E-state index contributed by atoms with van der Waals surface area (Å²) in [6.45, 7) is 7.56. The van der Waals surface area contributed by atoms with Gasteiger partial charge in [0.25, 0.3) is 5.56 Å². The number of anilines is 1. The number of benzene rings is 1. The van der Waals surface area contributed by atoms with Crippen molar-refractivity contribution >= 4 is 29.3 Å². The molecule has 0 radical (unpaired) electrons. The van der Waals surface area contributed by atoms with Crippen LogP contribution >= 0.6 is 11.3 Å². The fraction of sp³-hybridized carbons (Fsp3) is 0.370. The van der Waals surface area contributed by atoms with Gasteiger partial charge in [-0.25, -0.2) is 9.79 Å². The molecule has 3 aliphatic rings. The van der Waals surface area contributed by atoms with Gasteiger partial charge in [-0.15, -0.1) is 0 Å². The molecule has 0 bridgehead atoms. The number of aromatic nitrogens is 1. The van der Waals surface area contributed by atoms with Crippen LogP contribution in [0.4, 0.5) is 5.88 Å². The smallest absolute Gasteiger partial charge is 0.338 e. The molecule has 5 heterocycles. The van der Waals surface area contributed by atoms with Crippen molar-refractivity contribution in [1.29, 1.82) is 0 Å². The summed E-state index contributed by atoms with van der Waals surface area (Å²) in [7, 11) is 2.11. The quantitative estimate of drug-likeness (QED) is 0.456. The number of thiazole rings is 1. The predicted molar refractivity (Wildman–Crippen MR) is 141 cm³/mol. The van der Waals surface area contributed by atoms with E-state index in [1.165, 1.54) is 11.3 Å². The Morgan fingerprint density at radius 1 is 1.16 bits per heavy atom. The minimum atomic E-state index is -0.723. The largest absolute Gasteiger partial charge is 0.463 e. The van der Waals surface area contributed by atoms with Gasteiger partial charge in [-0.3, -0.25) is 9.36 Å². The van der Waals surface area contributed by atoms with Crippen molar-refractivity contribution in [3.8, 4) is 11.5 Å². The third-order valence-electron chi connectivity index (χ3n) is 6.93. The molecule has 6 rings (SSSR count). The number of hydrogen-bond donors (Lipinski definition) is 0. The number of hydrogen-bond acceptors (Lipinski definition) is 10. The fourth-order valence-corrected chi connectivity index (χ4v) is 5.96. The lowest BCUT2D eigenvalue weighted by molar-refractivity contribution is -0.139. The van der Waals surface area contributed by atoms with E-state index in [1.807, 2.05) is 18.2 Å². The van der Waals surface area contributed by atoms with Crippen molar-refractivity contribution in [2.45, 2.75) is 19.9 Å². The lowest BCUT2D eigenvalue weighted by Crippen LogP contribution is -2.44. The summed E-state index contributed by atoms with van der Waals surface area (Å²) in [5.41, 5.74) is 1.27. The maximum absolute atomic E-state index is 13.8. The Balaban J connectivity index is 1.43. The van der Waals surface area contributed by atoms with Crippen LogP contribution < -0.4 is 29.3 Å². The number of ether oxygens (including phenoxy) is 3. The highest BCUT2D eigenvalue weighted by Crippen LogP contribution is 2.38. The van der Waals surface area contributed by atoms with Crippen molar-refractivity contribution in [2.24, 2.45) is 4.99 Å². The summed E-state index contributed by atoms with van der Waals surface area (Å²) < 4.78 is 24.5. The summed E-state index contributed by atoms with van der Waals surface area (Å²) in [4.78, 5) is 36.5. The van der Waals surface area contributed by atoms with E-state index >= 15 is 0 Å². The number of likely N-dealkylation sites (N-methyl/N-ethyl adjacent to an activating group) is 1. The van der Waals surface area contributed by atoms with Crippen LogP contribution in [0.5, 0.6) is 11.5 Å². The predicted octanol–water partition coefficient (Wildman–Crippen LogP) is 1.87. The first-order valence-electron chi connectivity index (χ1n) is 12.6. The first kappa shape index (κ1) is 24.5. The van der Waals surface area contributed by atoms with E-state index in [0.29, 0.717) is 43.4 Å². The van der Waals surface area contributed by atoms with Gasteiger partial charge in [-0.05, 0) is 44.7 Å². The highest BCUT2D eigenvalue weighted by atomic mass is 32.1. The molecule has 11 heteroatoms. The zero-order valence-electron chi connectivity index (χ0n) is 21.4. The molecule has 1 saturated heterocycles. The molecular formula is C27H28N4O6S. The molecule has 1 aromatic carbocycles. The van der Waals surface area contributed by atoms with Gasteiger partial charge in [0.1, 0.15) is 5.76 Å². The van der Waals surface area contributed by atoms with Crippen LogP contribution in [0.15, 0.2) is 55.8 Å². The third kappa shape index (κ3) is 4.31. The number of piperazine rings is 1. The molecule has 198 valence electrons. The second-order valence-corrected chi connectivity index (χ2v) is 10.4. The number of furan rings is 1. The van der Waals surface area contributed by atoms with Crippen molar-refractivity contribution in [1.82, 2.24) is 9.47 Å². The second kappa shape index (κ2) is 9.80. The number of carbonyl (C=O) groups excluding carboxylic acids is 1. The number of fused-ring (bicyclic) bond motifs is 2. The molecule has 0 unspecified atom stereocenters. The Labute approximate surface area is 222 Å². The Hall–Kier alpha value is -3.83. The van der Waals surface area contributed by atoms with Gasteiger partial charge < -0.3 is 28.4 Å². The van der Waals surface area contributed by atoms with Crippen molar-refractivity contribution < 1.29 is 23.4 Å². The third-order valence-corrected chi connectivity index (χ3v) is 7.91. The molecule has 2 aromatic heterocycles. The van der Waals surface area contributed by atoms with Gasteiger partial charge in [0, 0.05) is 38.3 Å². The number of esters is 1. The van der Waals surface area contributed by atoms with E-state index in [4.69, 9.17) is 18.6 Å². The van der Waals surface area contributed by atoms with E-state index < -0.39 is 12.0 Å². The maximum atomic E-state index is 13.8. The molecule has 0 aliphatic carbocycles. The fourth-order valence-electron chi connectivity index (χ4n) is 4.94. The van der Waals surface area contributed by atoms with Gasteiger partial charge in [-0.2, -0.15) is 0 Å². The molecule has 0 spiro atoms. The van der Waals surface area contributed by atoms with Crippen LogP contribution in [-0.2, 0) is 9.53 Å². The average molecular weight is 537 g/mol. The normalized spacial score (nSPS) is 19.5. The highest BCUT2D eigenvalue weighted by molar-refractivity contribution is 7.07. The molecule has 3 aliphatic heterocycles. The number of nitrogens with zero attached hydrogens (tertiary/aromatic N) is 4. The van der Waals surface area contributed by atoms with Crippen LogP contribution in [0.3, 0.4) is 0 Å². The van der Waals surface area contributed by atoms with Crippen LogP contribution in [0.2, 0.25) is 0 Å². The van der Waals surface area contributed by atoms with E-state index in [9.17, 15) is 9.59 Å². The van der Waals surface area contributed by atoms with Crippen LogP contribution in [0.25, 0.3) is 6.08 Å². The minimum Gasteiger partial charge on any atom is -0.463 e. The first-order valence-corrected chi connectivity index (χ1v) is 13.4.